The average Bonchev–Trinajstić information content (AvgIpc) is 2.51. The Morgan fingerprint density at radius 2 is 1.62 bits per heavy atom. The molecule has 5 heteroatoms. The van der Waals surface area contributed by atoms with E-state index in [0.717, 1.165) is 16.9 Å². The van der Waals surface area contributed by atoms with Crippen LogP contribution in [-0.4, -0.2) is 15.1 Å². The van der Waals surface area contributed by atoms with Gasteiger partial charge < -0.3 is 10.4 Å². The molecule has 104 valence electrons. The third-order valence-corrected chi connectivity index (χ3v) is 3.17. The van der Waals surface area contributed by atoms with Gasteiger partial charge in [-0.3, -0.25) is 0 Å². The van der Waals surface area contributed by atoms with Crippen molar-refractivity contribution in [3.63, 3.8) is 0 Å². The van der Waals surface area contributed by atoms with Crippen molar-refractivity contribution in [2.75, 3.05) is 5.32 Å². The zero-order valence-corrected chi connectivity index (χ0v) is 11.7. The summed E-state index contributed by atoms with van der Waals surface area (Å²) in [5, 5.41) is 13.1. The third kappa shape index (κ3) is 3.30. The number of nitrogens with zero attached hydrogens (tertiary/aromatic N) is 2. The van der Waals surface area contributed by atoms with E-state index >= 15 is 0 Å². The quantitative estimate of drug-likeness (QED) is 0.710. The maximum absolute atomic E-state index is 9.27. The number of aromatic hydroxyl groups is 1. The van der Waals surface area contributed by atoms with Crippen LogP contribution < -0.4 is 5.32 Å². The first-order chi connectivity index (χ1) is 10.2. The van der Waals surface area contributed by atoms with Gasteiger partial charge in [-0.2, -0.15) is 0 Å². The largest absolute Gasteiger partial charge is 0.508 e. The first-order valence-electron chi connectivity index (χ1n) is 6.36. The summed E-state index contributed by atoms with van der Waals surface area (Å²) in [6.07, 6.45) is 1.69. The minimum atomic E-state index is 0.219. The van der Waals surface area contributed by atoms with E-state index in [9.17, 15) is 5.11 Å². The molecule has 0 amide bonds. The van der Waals surface area contributed by atoms with Crippen molar-refractivity contribution in [2.45, 2.75) is 0 Å². The normalized spacial score (nSPS) is 10.3. The molecule has 0 spiro atoms. The predicted octanol–water partition coefficient (Wildman–Crippen LogP) is 4.25. The lowest BCUT2D eigenvalue weighted by Crippen LogP contribution is -1.97. The number of anilines is 2. The fourth-order valence-electron chi connectivity index (χ4n) is 1.87. The van der Waals surface area contributed by atoms with Crippen LogP contribution in [0.25, 0.3) is 11.3 Å². The highest BCUT2D eigenvalue weighted by Gasteiger charge is 2.03. The summed E-state index contributed by atoms with van der Waals surface area (Å²) in [6, 6.07) is 16.0. The van der Waals surface area contributed by atoms with Crippen molar-refractivity contribution in [1.82, 2.24) is 9.97 Å². The van der Waals surface area contributed by atoms with Gasteiger partial charge >= 0.3 is 0 Å². The molecule has 2 aromatic carbocycles. The zero-order valence-electron chi connectivity index (χ0n) is 11.0. The summed E-state index contributed by atoms with van der Waals surface area (Å²) < 4.78 is 0. The summed E-state index contributed by atoms with van der Waals surface area (Å²) in [7, 11) is 0. The molecule has 0 unspecified atom stereocenters. The van der Waals surface area contributed by atoms with Crippen LogP contribution in [0, 0.1) is 0 Å². The summed E-state index contributed by atoms with van der Waals surface area (Å²) in [6.45, 7) is 0. The lowest BCUT2D eigenvalue weighted by atomic mass is 10.1. The molecule has 21 heavy (non-hydrogen) atoms. The van der Waals surface area contributed by atoms with E-state index in [-0.39, 0.29) is 5.75 Å². The van der Waals surface area contributed by atoms with Gasteiger partial charge in [-0.15, -0.1) is 0 Å². The van der Waals surface area contributed by atoms with Crippen molar-refractivity contribution < 1.29 is 5.11 Å². The van der Waals surface area contributed by atoms with Gasteiger partial charge in [-0.1, -0.05) is 23.7 Å². The molecule has 1 aromatic heterocycles. The molecule has 3 rings (SSSR count). The van der Waals surface area contributed by atoms with Crippen LogP contribution >= 0.6 is 11.6 Å². The second-order valence-corrected chi connectivity index (χ2v) is 4.88. The number of halogens is 1. The molecule has 0 atom stereocenters. The number of aromatic nitrogens is 2. The number of hydrogen-bond donors (Lipinski definition) is 2. The Labute approximate surface area is 127 Å². The lowest BCUT2D eigenvalue weighted by molar-refractivity contribution is 0.475. The Hall–Kier alpha value is -2.59. The van der Waals surface area contributed by atoms with Gasteiger partial charge in [0, 0.05) is 22.5 Å². The van der Waals surface area contributed by atoms with E-state index in [1.165, 1.54) is 0 Å². The van der Waals surface area contributed by atoms with Crippen LogP contribution in [-0.2, 0) is 0 Å². The number of benzene rings is 2. The monoisotopic (exact) mass is 297 g/mol. The number of phenolic OH excluding ortho intramolecular Hbond substituents is 1. The van der Waals surface area contributed by atoms with E-state index in [2.05, 4.69) is 15.3 Å². The maximum Gasteiger partial charge on any atom is 0.227 e. The van der Waals surface area contributed by atoms with Gasteiger partial charge in [0.2, 0.25) is 5.95 Å². The molecule has 2 N–H and O–H groups in total. The van der Waals surface area contributed by atoms with Crippen LogP contribution in [0.1, 0.15) is 0 Å². The van der Waals surface area contributed by atoms with E-state index in [1.807, 2.05) is 30.3 Å². The number of nitrogens with one attached hydrogen (secondary N) is 1. The van der Waals surface area contributed by atoms with Gasteiger partial charge in [0.15, 0.2) is 0 Å². The van der Waals surface area contributed by atoms with Crippen LogP contribution in [0.4, 0.5) is 11.6 Å². The molecule has 0 bridgehead atoms. The van der Waals surface area contributed by atoms with E-state index in [4.69, 9.17) is 11.6 Å². The topological polar surface area (TPSA) is 58.0 Å². The van der Waals surface area contributed by atoms with Crippen molar-refractivity contribution in [3.8, 4) is 17.0 Å². The van der Waals surface area contributed by atoms with Crippen LogP contribution in [0.15, 0.2) is 60.8 Å². The summed E-state index contributed by atoms with van der Waals surface area (Å²) >= 11 is 5.88. The Morgan fingerprint density at radius 3 is 2.33 bits per heavy atom. The number of rotatable bonds is 3. The lowest BCUT2D eigenvalue weighted by Gasteiger charge is -2.07. The van der Waals surface area contributed by atoms with Crippen molar-refractivity contribution >= 4 is 23.2 Å². The summed E-state index contributed by atoms with van der Waals surface area (Å²) in [4.78, 5) is 8.65. The molecule has 0 saturated heterocycles. The zero-order chi connectivity index (χ0) is 14.7. The predicted molar refractivity (Wildman–Crippen MR) is 83.9 cm³/mol. The minimum Gasteiger partial charge on any atom is -0.508 e. The van der Waals surface area contributed by atoms with Crippen molar-refractivity contribution in [3.05, 3.63) is 65.8 Å². The molecule has 0 radical (unpaired) electrons. The Balaban J connectivity index is 1.86. The molecular weight excluding hydrogens is 286 g/mol. The first-order valence-corrected chi connectivity index (χ1v) is 6.73. The molecule has 0 saturated carbocycles. The SMILES string of the molecule is Oc1ccc(Nc2nccc(-c3ccc(Cl)cc3)n2)cc1. The highest BCUT2D eigenvalue weighted by atomic mass is 35.5. The smallest absolute Gasteiger partial charge is 0.227 e. The highest BCUT2D eigenvalue weighted by molar-refractivity contribution is 6.30. The van der Waals surface area contributed by atoms with E-state index < -0.39 is 0 Å². The molecule has 1 heterocycles. The van der Waals surface area contributed by atoms with Gasteiger partial charge in [0.1, 0.15) is 5.75 Å². The number of hydrogen-bond acceptors (Lipinski definition) is 4. The van der Waals surface area contributed by atoms with Gasteiger partial charge in [0.25, 0.3) is 0 Å². The first kappa shape index (κ1) is 13.4. The van der Waals surface area contributed by atoms with Crippen LogP contribution in [0.2, 0.25) is 5.02 Å². The second-order valence-electron chi connectivity index (χ2n) is 4.44. The Bertz CT molecular complexity index is 742. The fourth-order valence-corrected chi connectivity index (χ4v) is 2.00. The third-order valence-electron chi connectivity index (χ3n) is 2.92. The van der Waals surface area contributed by atoms with Crippen LogP contribution in [0.5, 0.6) is 5.75 Å². The summed E-state index contributed by atoms with van der Waals surface area (Å²) in [5.41, 5.74) is 2.58. The molecule has 0 aliphatic rings. The summed E-state index contributed by atoms with van der Waals surface area (Å²) in [5.74, 6) is 0.713. The molecular formula is C16H12ClN3O. The van der Waals surface area contributed by atoms with Gasteiger partial charge in [0.05, 0.1) is 5.69 Å². The second kappa shape index (κ2) is 5.81. The fraction of sp³-hybridized carbons (Fsp3) is 0. The van der Waals surface area contributed by atoms with Crippen molar-refractivity contribution in [1.29, 1.82) is 0 Å². The number of phenols is 1. The van der Waals surface area contributed by atoms with Crippen LogP contribution in [0.3, 0.4) is 0 Å². The van der Waals surface area contributed by atoms with Gasteiger partial charge in [-0.25, -0.2) is 9.97 Å². The Morgan fingerprint density at radius 1 is 0.905 bits per heavy atom. The molecule has 0 aliphatic carbocycles. The minimum absolute atomic E-state index is 0.219. The standard InChI is InChI=1S/C16H12ClN3O/c17-12-3-1-11(2-4-12)15-9-10-18-16(20-15)19-13-5-7-14(21)8-6-13/h1-10,21H,(H,18,19,20). The Kier molecular flexibility index (Phi) is 3.71. The van der Waals surface area contributed by atoms with Crippen molar-refractivity contribution in [2.24, 2.45) is 0 Å². The maximum atomic E-state index is 9.27. The molecule has 3 aromatic rings. The molecule has 0 aliphatic heterocycles. The van der Waals surface area contributed by atoms with E-state index in [1.54, 1.807) is 30.5 Å². The average molecular weight is 298 g/mol. The molecule has 0 fully saturated rings. The van der Waals surface area contributed by atoms with E-state index in [0.29, 0.717) is 11.0 Å². The highest BCUT2D eigenvalue weighted by Crippen LogP contribution is 2.22. The molecule has 4 nitrogen and oxygen atoms in total. The van der Waals surface area contributed by atoms with Gasteiger partial charge in [-0.05, 0) is 42.5 Å².